The highest BCUT2D eigenvalue weighted by Crippen LogP contribution is 2.33. The molecule has 0 aliphatic carbocycles. The van der Waals surface area contributed by atoms with Gasteiger partial charge in [-0.2, -0.15) is 0 Å². The Balaban J connectivity index is 2.01. The molecule has 3 heterocycles. The Hall–Kier alpha value is -2.71. The van der Waals surface area contributed by atoms with E-state index in [1.54, 1.807) is 55.0 Å². The first-order chi connectivity index (χ1) is 12.9. The molecule has 27 heavy (non-hydrogen) atoms. The number of nitrogens with two attached hydrogens (primary N) is 1. The lowest BCUT2D eigenvalue weighted by molar-refractivity contribution is 0.589. The summed E-state index contributed by atoms with van der Waals surface area (Å²) in [4.78, 5) is 8.56. The first-order valence-electron chi connectivity index (χ1n) is 8.07. The minimum Gasteiger partial charge on any atom is -0.384 e. The van der Waals surface area contributed by atoms with Crippen LogP contribution in [0.5, 0.6) is 0 Å². The maximum atomic E-state index is 13.2. The molecule has 0 radical (unpaired) electrons. The zero-order valence-electron chi connectivity index (χ0n) is 14.3. The van der Waals surface area contributed by atoms with E-state index in [1.165, 1.54) is 3.97 Å². The molecule has 4 aromatic rings. The van der Waals surface area contributed by atoms with Crippen LogP contribution in [0.25, 0.3) is 22.2 Å². The summed E-state index contributed by atoms with van der Waals surface area (Å²) < 4.78 is 28.4. The van der Waals surface area contributed by atoms with Gasteiger partial charge in [0.2, 0.25) is 0 Å². The van der Waals surface area contributed by atoms with Crippen LogP contribution in [0.4, 0.5) is 5.82 Å². The SMILES string of the molecule is Cc1ccc(S(=O)(=O)n2cc(-c3ccnc(N)c3)c3cc(Br)cnc32)cc1. The van der Waals surface area contributed by atoms with Gasteiger partial charge in [0, 0.05) is 34.0 Å². The molecule has 0 unspecified atom stereocenters. The highest BCUT2D eigenvalue weighted by molar-refractivity contribution is 9.10. The van der Waals surface area contributed by atoms with Crippen LogP contribution in [0.15, 0.2) is 70.4 Å². The first kappa shape index (κ1) is 17.7. The lowest BCUT2D eigenvalue weighted by Crippen LogP contribution is -2.12. The van der Waals surface area contributed by atoms with Crippen LogP contribution in [0.3, 0.4) is 0 Å². The molecule has 0 aliphatic heterocycles. The summed E-state index contributed by atoms with van der Waals surface area (Å²) in [7, 11) is -3.80. The van der Waals surface area contributed by atoms with Crippen LogP contribution in [0.2, 0.25) is 0 Å². The molecule has 8 heteroatoms. The van der Waals surface area contributed by atoms with Gasteiger partial charge in [0.25, 0.3) is 10.0 Å². The first-order valence-corrected chi connectivity index (χ1v) is 10.3. The minimum absolute atomic E-state index is 0.204. The van der Waals surface area contributed by atoms with Gasteiger partial charge in [-0.3, -0.25) is 0 Å². The van der Waals surface area contributed by atoms with Crippen LogP contribution in [0.1, 0.15) is 5.56 Å². The van der Waals surface area contributed by atoms with E-state index < -0.39 is 10.0 Å². The third-order valence-electron chi connectivity index (χ3n) is 4.25. The Morgan fingerprint density at radius 1 is 1.07 bits per heavy atom. The number of nitrogens with zero attached hydrogens (tertiary/aromatic N) is 3. The second kappa shape index (κ2) is 6.47. The molecular formula is C19H15BrN4O2S. The van der Waals surface area contributed by atoms with Crippen molar-refractivity contribution in [1.29, 1.82) is 0 Å². The smallest absolute Gasteiger partial charge is 0.269 e. The Bertz CT molecular complexity index is 1260. The molecule has 0 aliphatic rings. The Morgan fingerprint density at radius 2 is 1.81 bits per heavy atom. The van der Waals surface area contributed by atoms with Crippen LogP contribution >= 0.6 is 15.9 Å². The van der Waals surface area contributed by atoms with Crippen molar-refractivity contribution in [2.24, 2.45) is 0 Å². The molecule has 0 fully saturated rings. The number of nitrogen functional groups attached to an aromatic ring is 1. The van der Waals surface area contributed by atoms with Gasteiger partial charge in [-0.15, -0.1) is 0 Å². The minimum atomic E-state index is -3.80. The molecule has 4 rings (SSSR count). The maximum absolute atomic E-state index is 13.2. The summed E-state index contributed by atoms with van der Waals surface area (Å²) in [6, 6.07) is 12.1. The Labute approximate surface area is 164 Å². The van der Waals surface area contributed by atoms with Gasteiger partial charge in [0.1, 0.15) is 5.82 Å². The van der Waals surface area contributed by atoms with Crippen LogP contribution in [0, 0.1) is 6.92 Å². The zero-order chi connectivity index (χ0) is 19.2. The highest BCUT2D eigenvalue weighted by Gasteiger charge is 2.23. The lowest BCUT2D eigenvalue weighted by atomic mass is 10.1. The zero-order valence-corrected chi connectivity index (χ0v) is 16.7. The summed E-state index contributed by atoms with van der Waals surface area (Å²) in [6.45, 7) is 1.91. The number of hydrogen-bond acceptors (Lipinski definition) is 5. The molecule has 0 spiro atoms. The maximum Gasteiger partial charge on any atom is 0.269 e. The fourth-order valence-electron chi connectivity index (χ4n) is 2.91. The number of anilines is 1. The van der Waals surface area contributed by atoms with Gasteiger partial charge in [0.05, 0.1) is 4.90 Å². The number of hydrogen-bond donors (Lipinski definition) is 1. The van der Waals surface area contributed by atoms with E-state index in [-0.39, 0.29) is 4.90 Å². The predicted molar refractivity (Wildman–Crippen MR) is 109 cm³/mol. The summed E-state index contributed by atoms with van der Waals surface area (Å²) in [5, 5.41) is 0.700. The summed E-state index contributed by atoms with van der Waals surface area (Å²) in [5.74, 6) is 0.359. The van der Waals surface area contributed by atoms with Gasteiger partial charge < -0.3 is 5.73 Å². The highest BCUT2D eigenvalue weighted by atomic mass is 79.9. The number of aromatic nitrogens is 3. The molecule has 0 atom stereocenters. The number of pyridine rings is 2. The fraction of sp³-hybridized carbons (Fsp3) is 0.0526. The molecule has 6 nitrogen and oxygen atoms in total. The van der Waals surface area contributed by atoms with Crippen molar-refractivity contribution in [3.8, 4) is 11.1 Å². The largest absolute Gasteiger partial charge is 0.384 e. The second-order valence-electron chi connectivity index (χ2n) is 6.15. The molecule has 0 saturated heterocycles. The number of aryl methyl sites for hydroxylation is 1. The van der Waals surface area contributed by atoms with Gasteiger partial charge in [0.15, 0.2) is 5.65 Å². The quantitative estimate of drug-likeness (QED) is 0.517. The van der Waals surface area contributed by atoms with Crippen LogP contribution in [-0.4, -0.2) is 22.4 Å². The normalized spacial score (nSPS) is 11.8. The topological polar surface area (TPSA) is 90.9 Å². The summed E-state index contributed by atoms with van der Waals surface area (Å²) >= 11 is 3.41. The summed E-state index contributed by atoms with van der Waals surface area (Å²) in [5.41, 5.74) is 8.63. The number of rotatable bonds is 3. The van der Waals surface area contributed by atoms with Crippen molar-refractivity contribution >= 4 is 42.8 Å². The molecule has 0 amide bonds. The molecule has 2 N–H and O–H groups in total. The van der Waals surface area contributed by atoms with E-state index in [4.69, 9.17) is 5.73 Å². The third-order valence-corrected chi connectivity index (χ3v) is 6.35. The second-order valence-corrected chi connectivity index (χ2v) is 8.88. The van der Waals surface area contributed by atoms with Crippen molar-refractivity contribution < 1.29 is 8.42 Å². The van der Waals surface area contributed by atoms with E-state index >= 15 is 0 Å². The number of benzene rings is 1. The molecule has 0 saturated carbocycles. The lowest BCUT2D eigenvalue weighted by Gasteiger charge is -2.07. The Morgan fingerprint density at radius 3 is 2.52 bits per heavy atom. The molecule has 1 aromatic carbocycles. The molecule has 0 bridgehead atoms. The van der Waals surface area contributed by atoms with Crippen molar-refractivity contribution in [2.45, 2.75) is 11.8 Å². The average molecular weight is 443 g/mol. The van der Waals surface area contributed by atoms with E-state index in [1.807, 2.05) is 13.0 Å². The number of fused-ring (bicyclic) bond motifs is 1. The predicted octanol–water partition coefficient (Wildman–Crippen LogP) is 3.99. The van der Waals surface area contributed by atoms with E-state index in [9.17, 15) is 8.42 Å². The van der Waals surface area contributed by atoms with Gasteiger partial charge in [-0.05, 0) is 58.7 Å². The van der Waals surface area contributed by atoms with Crippen LogP contribution < -0.4 is 5.73 Å². The van der Waals surface area contributed by atoms with Crippen LogP contribution in [-0.2, 0) is 10.0 Å². The monoisotopic (exact) mass is 442 g/mol. The molecule has 136 valence electrons. The van der Waals surface area contributed by atoms with Gasteiger partial charge in [-0.25, -0.2) is 22.4 Å². The van der Waals surface area contributed by atoms with Crippen molar-refractivity contribution in [3.63, 3.8) is 0 Å². The molecular weight excluding hydrogens is 428 g/mol. The van der Waals surface area contributed by atoms with E-state index in [0.717, 1.165) is 15.6 Å². The van der Waals surface area contributed by atoms with Gasteiger partial charge >= 0.3 is 0 Å². The van der Waals surface area contributed by atoms with Crippen molar-refractivity contribution in [2.75, 3.05) is 5.73 Å². The summed E-state index contributed by atoms with van der Waals surface area (Å²) in [6.07, 6.45) is 4.75. The van der Waals surface area contributed by atoms with Crippen molar-refractivity contribution in [3.05, 3.63) is 71.1 Å². The average Bonchev–Trinajstić information content (AvgIpc) is 3.01. The fourth-order valence-corrected chi connectivity index (χ4v) is 4.56. The van der Waals surface area contributed by atoms with Gasteiger partial charge in [-0.1, -0.05) is 17.7 Å². The van der Waals surface area contributed by atoms with Crippen molar-refractivity contribution in [1.82, 2.24) is 13.9 Å². The Kier molecular flexibility index (Phi) is 4.24. The van der Waals surface area contributed by atoms with E-state index in [0.29, 0.717) is 22.4 Å². The third kappa shape index (κ3) is 3.11. The standard InChI is InChI=1S/C19H15BrN4O2S/c1-12-2-4-15(5-3-12)27(25,26)24-11-17(13-6-7-22-18(21)8-13)16-9-14(20)10-23-19(16)24/h2-11H,1H3,(H2,21,22). The molecule has 3 aromatic heterocycles. The van der Waals surface area contributed by atoms with E-state index in [2.05, 4.69) is 25.9 Å². The number of halogens is 1.